The molecule has 6 nitrogen and oxygen atoms in total. The molecule has 1 saturated heterocycles. The Kier molecular flexibility index (Phi) is 5.78. The van der Waals surface area contributed by atoms with E-state index in [0.29, 0.717) is 27.1 Å². The molecule has 0 unspecified atom stereocenters. The highest BCUT2D eigenvalue weighted by Crippen LogP contribution is 2.35. The van der Waals surface area contributed by atoms with Crippen molar-refractivity contribution in [2.24, 2.45) is 0 Å². The van der Waals surface area contributed by atoms with Crippen LogP contribution in [-0.4, -0.2) is 37.2 Å². The Morgan fingerprint density at radius 2 is 1.71 bits per heavy atom. The number of hydrogen-bond donors (Lipinski definition) is 1. The molecule has 1 amide bonds. The maximum Gasteiger partial charge on any atom is 0.265 e. The number of fused-ring (bicyclic) bond motifs is 1. The van der Waals surface area contributed by atoms with E-state index >= 15 is 0 Å². The Hall–Kier alpha value is -2.65. The molecule has 0 bridgehead atoms. The molecule has 2 aromatic heterocycles. The first-order valence-electron chi connectivity index (χ1n) is 9.72. The fraction of sp³-hybridized carbons (Fsp3) is 0.182. The van der Waals surface area contributed by atoms with E-state index in [2.05, 4.69) is 10.2 Å². The van der Waals surface area contributed by atoms with Crippen LogP contribution in [0.4, 0.5) is 10.8 Å². The SMILES string of the molecule is O=C(Nc1ccc(Oc2ccc(Cl)cc2)cc1)c1cc2sc(N3CCOCC3)nc2s1. The van der Waals surface area contributed by atoms with Crippen molar-refractivity contribution < 1.29 is 14.3 Å². The van der Waals surface area contributed by atoms with E-state index in [1.807, 2.05) is 30.3 Å². The number of nitrogens with one attached hydrogen (secondary N) is 1. The summed E-state index contributed by atoms with van der Waals surface area (Å²) in [5, 5.41) is 4.59. The van der Waals surface area contributed by atoms with Crippen molar-refractivity contribution in [2.75, 3.05) is 36.5 Å². The molecule has 0 spiro atoms. The first-order valence-corrected chi connectivity index (χ1v) is 11.7. The number of anilines is 2. The summed E-state index contributed by atoms with van der Waals surface area (Å²) in [6, 6.07) is 16.3. The van der Waals surface area contributed by atoms with Crippen LogP contribution in [0.3, 0.4) is 0 Å². The Labute approximate surface area is 192 Å². The number of benzene rings is 2. The fourth-order valence-corrected chi connectivity index (χ4v) is 5.45. The minimum absolute atomic E-state index is 0.144. The monoisotopic (exact) mass is 471 g/mol. The lowest BCUT2D eigenvalue weighted by atomic mass is 10.3. The summed E-state index contributed by atoms with van der Waals surface area (Å²) in [5.41, 5.74) is 0.701. The number of morpholine rings is 1. The van der Waals surface area contributed by atoms with Crippen LogP contribution < -0.4 is 15.0 Å². The van der Waals surface area contributed by atoms with Crippen LogP contribution in [0.15, 0.2) is 54.6 Å². The maximum absolute atomic E-state index is 12.7. The van der Waals surface area contributed by atoms with Crippen molar-refractivity contribution in [3.63, 3.8) is 0 Å². The van der Waals surface area contributed by atoms with Gasteiger partial charge in [-0.2, -0.15) is 0 Å². The Morgan fingerprint density at radius 1 is 1.03 bits per heavy atom. The first kappa shape index (κ1) is 20.3. The molecular formula is C22H18ClN3O3S2. The smallest absolute Gasteiger partial charge is 0.265 e. The average Bonchev–Trinajstić information content (AvgIpc) is 3.37. The highest BCUT2D eigenvalue weighted by molar-refractivity contribution is 7.29. The van der Waals surface area contributed by atoms with E-state index < -0.39 is 0 Å². The van der Waals surface area contributed by atoms with Crippen LogP contribution in [0, 0.1) is 0 Å². The molecule has 0 aliphatic carbocycles. The fourth-order valence-electron chi connectivity index (χ4n) is 3.16. The molecule has 0 atom stereocenters. The zero-order valence-corrected chi connectivity index (χ0v) is 18.7. The second-order valence-corrected chi connectivity index (χ2v) is 9.39. The van der Waals surface area contributed by atoms with Crippen LogP contribution in [0.5, 0.6) is 11.5 Å². The van der Waals surface area contributed by atoms with Crippen LogP contribution in [0.1, 0.15) is 9.67 Å². The molecule has 1 aliphatic heterocycles. The summed E-state index contributed by atoms with van der Waals surface area (Å²) in [5.74, 6) is 1.23. The van der Waals surface area contributed by atoms with Crippen molar-refractivity contribution in [3.05, 3.63) is 64.5 Å². The summed E-state index contributed by atoms with van der Waals surface area (Å²) in [6.45, 7) is 3.16. The van der Waals surface area contributed by atoms with Gasteiger partial charge in [0.2, 0.25) is 0 Å². The summed E-state index contributed by atoms with van der Waals surface area (Å²) < 4.78 is 12.2. The molecule has 1 aliphatic rings. The van der Waals surface area contributed by atoms with Gasteiger partial charge in [-0.15, -0.1) is 11.3 Å². The molecule has 4 aromatic rings. The van der Waals surface area contributed by atoms with Gasteiger partial charge in [0.15, 0.2) is 5.13 Å². The number of carbonyl (C=O) groups is 1. The van der Waals surface area contributed by atoms with E-state index in [1.54, 1.807) is 35.6 Å². The quantitative estimate of drug-likeness (QED) is 0.393. The molecule has 9 heteroatoms. The van der Waals surface area contributed by atoms with E-state index in [9.17, 15) is 4.79 Å². The van der Waals surface area contributed by atoms with E-state index in [4.69, 9.17) is 26.1 Å². The zero-order valence-electron chi connectivity index (χ0n) is 16.3. The van der Waals surface area contributed by atoms with Crippen molar-refractivity contribution >= 4 is 60.5 Å². The lowest BCUT2D eigenvalue weighted by Gasteiger charge is -2.25. The van der Waals surface area contributed by atoms with Crippen molar-refractivity contribution in [1.29, 1.82) is 0 Å². The minimum atomic E-state index is -0.144. The molecule has 2 aromatic carbocycles. The van der Waals surface area contributed by atoms with Gasteiger partial charge in [-0.1, -0.05) is 22.9 Å². The van der Waals surface area contributed by atoms with Crippen LogP contribution >= 0.6 is 34.3 Å². The first-order chi connectivity index (χ1) is 15.1. The Bertz CT molecular complexity index is 1170. The van der Waals surface area contributed by atoms with Gasteiger partial charge < -0.3 is 19.7 Å². The Balaban J connectivity index is 1.23. The highest BCUT2D eigenvalue weighted by Gasteiger charge is 2.19. The van der Waals surface area contributed by atoms with E-state index in [0.717, 1.165) is 41.0 Å². The molecule has 31 heavy (non-hydrogen) atoms. The lowest BCUT2D eigenvalue weighted by molar-refractivity contribution is 0.103. The molecule has 3 heterocycles. The molecule has 158 valence electrons. The van der Waals surface area contributed by atoms with Gasteiger partial charge in [-0.05, 0) is 54.6 Å². The van der Waals surface area contributed by atoms with E-state index in [-0.39, 0.29) is 5.91 Å². The summed E-state index contributed by atoms with van der Waals surface area (Å²) in [7, 11) is 0. The van der Waals surface area contributed by atoms with Crippen LogP contribution in [0.25, 0.3) is 9.53 Å². The normalized spacial score (nSPS) is 14.0. The van der Waals surface area contributed by atoms with Gasteiger partial charge in [0, 0.05) is 23.8 Å². The summed E-state index contributed by atoms with van der Waals surface area (Å²) >= 11 is 8.92. The van der Waals surface area contributed by atoms with Gasteiger partial charge in [-0.25, -0.2) is 4.98 Å². The van der Waals surface area contributed by atoms with Crippen LogP contribution in [0.2, 0.25) is 5.02 Å². The summed E-state index contributed by atoms with van der Waals surface area (Å²) in [4.78, 5) is 21.2. The number of nitrogens with zero attached hydrogens (tertiary/aromatic N) is 2. The second-order valence-electron chi connectivity index (χ2n) is 6.91. The van der Waals surface area contributed by atoms with Gasteiger partial charge in [0.1, 0.15) is 16.3 Å². The van der Waals surface area contributed by atoms with Gasteiger partial charge in [-0.3, -0.25) is 4.79 Å². The highest BCUT2D eigenvalue weighted by atomic mass is 35.5. The molecule has 0 saturated carbocycles. The van der Waals surface area contributed by atoms with Crippen molar-refractivity contribution in [1.82, 2.24) is 4.98 Å². The van der Waals surface area contributed by atoms with Gasteiger partial charge in [0.05, 0.1) is 22.8 Å². The van der Waals surface area contributed by atoms with Gasteiger partial charge in [0.25, 0.3) is 5.91 Å². The summed E-state index contributed by atoms with van der Waals surface area (Å²) in [6.07, 6.45) is 0. The molecular weight excluding hydrogens is 454 g/mol. The standard InChI is InChI=1S/C22H18ClN3O3S2/c23-14-1-5-16(6-2-14)29-17-7-3-15(4-8-17)24-20(27)18-13-19-21(30-18)25-22(31-19)26-9-11-28-12-10-26/h1-8,13H,9-12H2,(H,24,27). The van der Waals surface area contributed by atoms with Crippen LogP contribution in [-0.2, 0) is 4.74 Å². The zero-order chi connectivity index (χ0) is 21.2. The number of carbonyl (C=O) groups excluding carboxylic acids is 1. The topological polar surface area (TPSA) is 63.7 Å². The molecule has 5 rings (SSSR count). The number of halogens is 1. The molecule has 1 fully saturated rings. The third-order valence-corrected chi connectivity index (χ3v) is 7.22. The molecule has 0 radical (unpaired) electrons. The number of thiazole rings is 1. The minimum Gasteiger partial charge on any atom is -0.457 e. The number of amides is 1. The van der Waals surface area contributed by atoms with Crippen molar-refractivity contribution in [2.45, 2.75) is 0 Å². The maximum atomic E-state index is 12.7. The predicted molar refractivity (Wildman–Crippen MR) is 126 cm³/mol. The molecule has 1 N–H and O–H groups in total. The second kappa shape index (κ2) is 8.84. The third-order valence-electron chi connectivity index (χ3n) is 4.74. The predicted octanol–water partition coefficient (Wildman–Crippen LogP) is 5.89. The third kappa shape index (κ3) is 4.67. The van der Waals surface area contributed by atoms with Crippen molar-refractivity contribution in [3.8, 4) is 11.5 Å². The number of thiophene rings is 1. The van der Waals surface area contributed by atoms with E-state index in [1.165, 1.54) is 11.3 Å². The lowest BCUT2D eigenvalue weighted by Crippen LogP contribution is -2.36. The largest absolute Gasteiger partial charge is 0.457 e. The number of ether oxygens (including phenoxy) is 2. The number of hydrogen-bond acceptors (Lipinski definition) is 7. The number of rotatable bonds is 5. The Morgan fingerprint density at radius 3 is 2.39 bits per heavy atom. The average molecular weight is 472 g/mol. The van der Waals surface area contributed by atoms with Gasteiger partial charge >= 0.3 is 0 Å². The number of aromatic nitrogens is 1.